The van der Waals surface area contributed by atoms with Gasteiger partial charge in [0.05, 0.1) is 6.61 Å². The second kappa shape index (κ2) is 5.44. The summed E-state index contributed by atoms with van der Waals surface area (Å²) in [6.07, 6.45) is 2.34. The largest absolute Gasteiger partial charge is 0.395 e. The van der Waals surface area contributed by atoms with Crippen LogP contribution in [0.3, 0.4) is 0 Å². The van der Waals surface area contributed by atoms with Gasteiger partial charge in [0.25, 0.3) is 10.2 Å². The van der Waals surface area contributed by atoms with Crippen LogP contribution in [0, 0.1) is 0 Å². The summed E-state index contributed by atoms with van der Waals surface area (Å²) in [4.78, 5) is 0. The zero-order valence-electron chi connectivity index (χ0n) is 11.4. The third-order valence-corrected chi connectivity index (χ3v) is 6.29. The molecule has 1 saturated heterocycles. The van der Waals surface area contributed by atoms with Crippen LogP contribution in [0.15, 0.2) is 24.3 Å². The second-order valence-electron chi connectivity index (χ2n) is 5.45. The van der Waals surface area contributed by atoms with Crippen molar-refractivity contribution in [2.24, 2.45) is 0 Å². The van der Waals surface area contributed by atoms with E-state index in [1.807, 2.05) is 18.2 Å². The van der Waals surface area contributed by atoms with Gasteiger partial charge in [0.1, 0.15) is 0 Å². The van der Waals surface area contributed by atoms with E-state index in [-0.39, 0.29) is 12.6 Å². The number of aliphatic hydroxyl groups excluding tert-OH is 1. The van der Waals surface area contributed by atoms with E-state index < -0.39 is 10.2 Å². The molecule has 2 heterocycles. The van der Waals surface area contributed by atoms with Crippen LogP contribution in [0.4, 0.5) is 0 Å². The minimum absolute atomic E-state index is 0.0936. The highest BCUT2D eigenvalue weighted by molar-refractivity contribution is 7.86. The van der Waals surface area contributed by atoms with Crippen LogP contribution in [0.5, 0.6) is 0 Å². The van der Waals surface area contributed by atoms with Gasteiger partial charge in [-0.15, -0.1) is 0 Å². The van der Waals surface area contributed by atoms with Crippen molar-refractivity contribution in [3.8, 4) is 0 Å². The zero-order valence-corrected chi connectivity index (χ0v) is 12.2. The van der Waals surface area contributed by atoms with E-state index in [1.54, 1.807) is 4.31 Å². The summed E-state index contributed by atoms with van der Waals surface area (Å²) in [5.74, 6) is 0. The molecule has 2 aliphatic heterocycles. The highest BCUT2D eigenvalue weighted by Crippen LogP contribution is 2.27. The van der Waals surface area contributed by atoms with Crippen LogP contribution in [0.1, 0.15) is 24.0 Å². The van der Waals surface area contributed by atoms with Crippen LogP contribution < -0.4 is 0 Å². The number of aliphatic hydroxyl groups is 1. The lowest BCUT2D eigenvalue weighted by Gasteiger charge is -2.33. The molecule has 1 atom stereocenters. The van der Waals surface area contributed by atoms with Crippen LogP contribution in [-0.4, -0.2) is 47.9 Å². The molecule has 0 aliphatic carbocycles. The Morgan fingerprint density at radius 2 is 1.95 bits per heavy atom. The molecule has 2 aliphatic rings. The Kier molecular flexibility index (Phi) is 3.81. The SMILES string of the molecule is O=S(=O)(N1CCc2ccccc2C1)N1CCCC1CO. The Bertz CT molecular complexity index is 588. The topological polar surface area (TPSA) is 60.9 Å². The molecule has 0 spiro atoms. The Morgan fingerprint density at radius 1 is 1.20 bits per heavy atom. The maximum atomic E-state index is 12.7. The highest BCUT2D eigenvalue weighted by atomic mass is 32.2. The van der Waals surface area contributed by atoms with Crippen molar-refractivity contribution >= 4 is 10.2 Å². The molecule has 1 aromatic rings. The standard InChI is InChI=1S/C14H20N2O3S/c17-11-14-6-3-8-16(14)20(18,19)15-9-7-12-4-1-2-5-13(12)10-15/h1-2,4-5,14,17H,3,6-11H2. The molecule has 3 rings (SSSR count). The summed E-state index contributed by atoms with van der Waals surface area (Å²) in [5.41, 5.74) is 2.32. The summed E-state index contributed by atoms with van der Waals surface area (Å²) in [6.45, 7) is 1.39. The molecule has 20 heavy (non-hydrogen) atoms. The quantitative estimate of drug-likeness (QED) is 0.895. The van der Waals surface area contributed by atoms with Gasteiger partial charge in [0.2, 0.25) is 0 Å². The van der Waals surface area contributed by atoms with Gasteiger partial charge in [-0.2, -0.15) is 17.0 Å². The summed E-state index contributed by atoms with van der Waals surface area (Å²) < 4.78 is 28.4. The van der Waals surface area contributed by atoms with Crippen molar-refractivity contribution in [1.29, 1.82) is 0 Å². The third-order valence-electron chi connectivity index (χ3n) is 4.25. The molecule has 0 saturated carbocycles. The van der Waals surface area contributed by atoms with Gasteiger partial charge >= 0.3 is 0 Å². The van der Waals surface area contributed by atoms with Crippen LogP contribution in [-0.2, 0) is 23.2 Å². The number of fused-ring (bicyclic) bond motifs is 1. The lowest BCUT2D eigenvalue weighted by molar-refractivity contribution is 0.204. The smallest absolute Gasteiger partial charge is 0.282 e. The molecule has 110 valence electrons. The van der Waals surface area contributed by atoms with E-state index in [4.69, 9.17) is 0 Å². The molecule has 6 heteroatoms. The van der Waals surface area contributed by atoms with Gasteiger partial charge < -0.3 is 5.11 Å². The molecule has 0 amide bonds. The van der Waals surface area contributed by atoms with Crippen molar-refractivity contribution < 1.29 is 13.5 Å². The molecule has 0 bridgehead atoms. The average Bonchev–Trinajstić information content (AvgIpc) is 2.96. The Hall–Kier alpha value is -0.950. The van der Waals surface area contributed by atoms with Gasteiger partial charge in [-0.05, 0) is 30.4 Å². The molecule has 1 fully saturated rings. The average molecular weight is 296 g/mol. The van der Waals surface area contributed by atoms with Gasteiger partial charge in [0, 0.05) is 25.7 Å². The monoisotopic (exact) mass is 296 g/mol. The lowest BCUT2D eigenvalue weighted by Crippen LogP contribution is -2.48. The first-order chi connectivity index (χ1) is 9.63. The lowest BCUT2D eigenvalue weighted by atomic mass is 10.0. The Balaban J connectivity index is 1.83. The van der Waals surface area contributed by atoms with Crippen molar-refractivity contribution in [2.75, 3.05) is 19.7 Å². The normalized spacial score (nSPS) is 24.8. The molecule has 1 N–H and O–H groups in total. The van der Waals surface area contributed by atoms with Gasteiger partial charge in [-0.1, -0.05) is 24.3 Å². The van der Waals surface area contributed by atoms with Gasteiger partial charge in [-0.3, -0.25) is 0 Å². The molecule has 0 aromatic heterocycles. The van der Waals surface area contributed by atoms with E-state index in [9.17, 15) is 13.5 Å². The molecular weight excluding hydrogens is 276 g/mol. The van der Waals surface area contributed by atoms with E-state index >= 15 is 0 Å². The van der Waals surface area contributed by atoms with E-state index in [1.165, 1.54) is 9.87 Å². The molecular formula is C14H20N2O3S. The van der Waals surface area contributed by atoms with E-state index in [0.717, 1.165) is 24.8 Å². The van der Waals surface area contributed by atoms with E-state index in [0.29, 0.717) is 19.6 Å². The van der Waals surface area contributed by atoms with Crippen LogP contribution >= 0.6 is 0 Å². The third kappa shape index (κ3) is 2.37. The Morgan fingerprint density at radius 3 is 2.70 bits per heavy atom. The van der Waals surface area contributed by atoms with Crippen LogP contribution in [0.2, 0.25) is 0 Å². The van der Waals surface area contributed by atoms with Gasteiger partial charge in [0.15, 0.2) is 0 Å². The fourth-order valence-corrected chi connectivity index (χ4v) is 4.94. The minimum Gasteiger partial charge on any atom is -0.395 e. The number of hydrogen-bond acceptors (Lipinski definition) is 3. The fraction of sp³-hybridized carbons (Fsp3) is 0.571. The predicted molar refractivity (Wildman–Crippen MR) is 76.3 cm³/mol. The molecule has 5 nitrogen and oxygen atoms in total. The first kappa shape index (κ1) is 14.0. The van der Waals surface area contributed by atoms with Crippen molar-refractivity contribution in [3.63, 3.8) is 0 Å². The fourth-order valence-electron chi connectivity index (χ4n) is 3.11. The van der Waals surface area contributed by atoms with Crippen molar-refractivity contribution in [1.82, 2.24) is 8.61 Å². The molecule has 1 unspecified atom stereocenters. The summed E-state index contributed by atoms with van der Waals surface area (Å²) >= 11 is 0. The number of hydrogen-bond donors (Lipinski definition) is 1. The predicted octanol–water partition coefficient (Wildman–Crippen LogP) is 0.746. The maximum Gasteiger partial charge on any atom is 0.282 e. The summed E-state index contributed by atoms with van der Waals surface area (Å²) in [5, 5.41) is 9.33. The summed E-state index contributed by atoms with van der Waals surface area (Å²) in [6, 6.07) is 7.74. The Labute approximate surface area is 120 Å². The number of rotatable bonds is 3. The first-order valence-corrected chi connectivity index (χ1v) is 8.47. The van der Waals surface area contributed by atoms with Crippen LogP contribution in [0.25, 0.3) is 0 Å². The maximum absolute atomic E-state index is 12.7. The highest BCUT2D eigenvalue weighted by Gasteiger charge is 2.38. The minimum atomic E-state index is -3.46. The van der Waals surface area contributed by atoms with Gasteiger partial charge in [-0.25, -0.2) is 0 Å². The summed E-state index contributed by atoms with van der Waals surface area (Å²) in [7, 11) is -3.46. The first-order valence-electron chi connectivity index (χ1n) is 7.07. The van der Waals surface area contributed by atoms with Crippen molar-refractivity contribution in [2.45, 2.75) is 31.8 Å². The molecule has 0 radical (unpaired) electrons. The zero-order chi connectivity index (χ0) is 14.2. The second-order valence-corrected chi connectivity index (χ2v) is 7.33. The molecule has 1 aromatic carbocycles. The number of nitrogens with zero attached hydrogens (tertiary/aromatic N) is 2. The van der Waals surface area contributed by atoms with E-state index in [2.05, 4.69) is 6.07 Å². The van der Waals surface area contributed by atoms with Crippen molar-refractivity contribution in [3.05, 3.63) is 35.4 Å². The number of benzene rings is 1.